The van der Waals surface area contributed by atoms with Crippen LogP contribution < -0.4 is 0 Å². The summed E-state index contributed by atoms with van der Waals surface area (Å²) in [6, 6.07) is 0.640. The molecule has 2 aliphatic rings. The smallest absolute Gasteiger partial charge is 0.320 e. The number of hydrogen-bond donors (Lipinski definition) is 0. The maximum atomic E-state index is 11.9. The summed E-state index contributed by atoms with van der Waals surface area (Å²) in [5, 5.41) is 0. The van der Waals surface area contributed by atoms with Gasteiger partial charge in [-0.2, -0.15) is 0 Å². The Balaban J connectivity index is 2.05. The van der Waals surface area contributed by atoms with E-state index < -0.39 is 0 Å². The predicted octanol–water partition coefficient (Wildman–Crippen LogP) is 1.23. The zero-order chi connectivity index (χ0) is 11.9. The second-order valence-electron chi connectivity index (χ2n) is 5.96. The minimum absolute atomic E-state index is 0.213. The Kier molecular flexibility index (Phi) is 2.86. The van der Waals surface area contributed by atoms with E-state index in [4.69, 9.17) is 0 Å². The number of nitrogens with zero attached hydrogens (tertiary/aromatic N) is 3. The molecule has 2 heterocycles. The van der Waals surface area contributed by atoms with Crippen molar-refractivity contribution in [1.29, 1.82) is 0 Å². The largest absolute Gasteiger partial charge is 0.328 e. The summed E-state index contributed by atoms with van der Waals surface area (Å²) in [5.74, 6) is 0. The molecule has 0 unspecified atom stereocenters. The first-order chi connectivity index (χ1) is 7.39. The SMILES string of the molecule is CN1CC[C@@H]2CN(C(C)(C)C)CCN2C1=O. The van der Waals surface area contributed by atoms with E-state index in [-0.39, 0.29) is 11.6 Å². The molecule has 2 saturated heterocycles. The first-order valence-electron chi connectivity index (χ1n) is 6.16. The molecule has 92 valence electrons. The van der Waals surface area contributed by atoms with Crippen molar-refractivity contribution in [3.63, 3.8) is 0 Å². The van der Waals surface area contributed by atoms with Crippen molar-refractivity contribution in [3.8, 4) is 0 Å². The fourth-order valence-corrected chi connectivity index (χ4v) is 2.62. The van der Waals surface area contributed by atoms with Gasteiger partial charge in [0.1, 0.15) is 0 Å². The van der Waals surface area contributed by atoms with Crippen molar-refractivity contribution in [2.45, 2.75) is 38.8 Å². The lowest BCUT2D eigenvalue weighted by Gasteiger charge is -2.50. The number of carbonyl (C=O) groups excluding carboxylic acids is 1. The van der Waals surface area contributed by atoms with E-state index in [2.05, 4.69) is 25.7 Å². The minimum atomic E-state index is 0.213. The molecule has 0 aliphatic carbocycles. The molecule has 4 heteroatoms. The van der Waals surface area contributed by atoms with Crippen molar-refractivity contribution in [3.05, 3.63) is 0 Å². The van der Waals surface area contributed by atoms with E-state index in [0.29, 0.717) is 6.04 Å². The van der Waals surface area contributed by atoms with E-state index in [1.165, 1.54) is 0 Å². The summed E-state index contributed by atoms with van der Waals surface area (Å²) in [6.45, 7) is 10.6. The van der Waals surface area contributed by atoms with Crippen LogP contribution in [0, 0.1) is 0 Å². The lowest BCUT2D eigenvalue weighted by atomic mass is 9.99. The molecule has 2 fully saturated rings. The van der Waals surface area contributed by atoms with Crippen LogP contribution in [-0.2, 0) is 0 Å². The molecule has 0 bridgehead atoms. The Morgan fingerprint density at radius 1 is 1.19 bits per heavy atom. The molecule has 0 radical (unpaired) electrons. The summed E-state index contributed by atoms with van der Waals surface area (Å²) in [7, 11) is 1.90. The third-order valence-electron chi connectivity index (χ3n) is 3.80. The minimum Gasteiger partial charge on any atom is -0.328 e. The van der Waals surface area contributed by atoms with Gasteiger partial charge in [0, 0.05) is 44.8 Å². The van der Waals surface area contributed by atoms with E-state index in [1.807, 2.05) is 16.8 Å². The molecule has 2 aliphatic heterocycles. The van der Waals surface area contributed by atoms with Crippen molar-refractivity contribution in [2.75, 3.05) is 33.2 Å². The number of carbonyl (C=O) groups is 1. The number of piperazine rings is 1. The number of rotatable bonds is 0. The van der Waals surface area contributed by atoms with Crippen LogP contribution in [0.25, 0.3) is 0 Å². The molecule has 0 aromatic heterocycles. The first-order valence-corrected chi connectivity index (χ1v) is 6.16. The Bertz CT molecular complexity index is 284. The molecule has 1 atom stereocenters. The molecule has 0 saturated carbocycles. The third kappa shape index (κ3) is 2.03. The van der Waals surface area contributed by atoms with Crippen LogP contribution >= 0.6 is 0 Å². The van der Waals surface area contributed by atoms with Crippen molar-refractivity contribution in [2.24, 2.45) is 0 Å². The van der Waals surface area contributed by atoms with E-state index >= 15 is 0 Å². The Hall–Kier alpha value is -0.770. The van der Waals surface area contributed by atoms with E-state index in [0.717, 1.165) is 32.6 Å². The maximum absolute atomic E-state index is 11.9. The molecule has 0 spiro atoms. The first kappa shape index (κ1) is 11.7. The maximum Gasteiger partial charge on any atom is 0.320 e. The molecule has 0 N–H and O–H groups in total. The monoisotopic (exact) mass is 225 g/mol. The Morgan fingerprint density at radius 3 is 2.50 bits per heavy atom. The van der Waals surface area contributed by atoms with Gasteiger partial charge in [-0.3, -0.25) is 4.90 Å². The summed E-state index contributed by atoms with van der Waals surface area (Å²) in [4.78, 5) is 18.3. The molecular formula is C12H23N3O. The van der Waals surface area contributed by atoms with Crippen LogP contribution in [0.3, 0.4) is 0 Å². The Labute approximate surface area is 98.2 Å². The van der Waals surface area contributed by atoms with Crippen LogP contribution in [0.4, 0.5) is 4.79 Å². The zero-order valence-corrected chi connectivity index (χ0v) is 10.9. The van der Waals surface area contributed by atoms with Gasteiger partial charge < -0.3 is 9.80 Å². The van der Waals surface area contributed by atoms with E-state index in [9.17, 15) is 4.79 Å². The van der Waals surface area contributed by atoms with Gasteiger partial charge in [0.15, 0.2) is 0 Å². The molecule has 0 aromatic rings. The van der Waals surface area contributed by atoms with Crippen LogP contribution in [-0.4, -0.2) is 65.5 Å². The van der Waals surface area contributed by atoms with Crippen LogP contribution in [0.15, 0.2) is 0 Å². The van der Waals surface area contributed by atoms with Gasteiger partial charge in [-0.25, -0.2) is 4.79 Å². The van der Waals surface area contributed by atoms with Crippen LogP contribution in [0.5, 0.6) is 0 Å². The van der Waals surface area contributed by atoms with Gasteiger partial charge in [-0.1, -0.05) is 0 Å². The standard InChI is InChI=1S/C12H23N3O/c1-12(2,3)14-7-8-15-10(9-14)5-6-13(4)11(15)16/h10H,5-9H2,1-4H3/t10-/m1/s1. The molecule has 2 amide bonds. The van der Waals surface area contributed by atoms with Gasteiger partial charge in [0.2, 0.25) is 0 Å². The number of hydrogen-bond acceptors (Lipinski definition) is 2. The molecule has 0 aromatic carbocycles. The zero-order valence-electron chi connectivity index (χ0n) is 10.9. The quantitative estimate of drug-likeness (QED) is 0.620. The fraction of sp³-hybridized carbons (Fsp3) is 0.917. The number of fused-ring (bicyclic) bond motifs is 1. The summed E-state index contributed by atoms with van der Waals surface area (Å²) in [5.41, 5.74) is 0.221. The van der Waals surface area contributed by atoms with Crippen molar-refractivity contribution < 1.29 is 4.79 Å². The van der Waals surface area contributed by atoms with Crippen LogP contribution in [0.1, 0.15) is 27.2 Å². The van der Waals surface area contributed by atoms with Gasteiger partial charge in [0.25, 0.3) is 0 Å². The van der Waals surface area contributed by atoms with Gasteiger partial charge in [0.05, 0.1) is 0 Å². The molecular weight excluding hydrogens is 202 g/mol. The van der Waals surface area contributed by atoms with Crippen molar-refractivity contribution in [1.82, 2.24) is 14.7 Å². The van der Waals surface area contributed by atoms with Crippen LogP contribution in [0.2, 0.25) is 0 Å². The fourth-order valence-electron chi connectivity index (χ4n) is 2.62. The summed E-state index contributed by atoms with van der Waals surface area (Å²) >= 11 is 0. The second kappa shape index (κ2) is 3.91. The van der Waals surface area contributed by atoms with Gasteiger partial charge in [-0.05, 0) is 27.2 Å². The highest BCUT2D eigenvalue weighted by Gasteiger charge is 2.38. The number of urea groups is 1. The summed E-state index contributed by atoms with van der Waals surface area (Å²) in [6.07, 6.45) is 1.11. The highest BCUT2D eigenvalue weighted by atomic mass is 16.2. The number of amides is 2. The molecule has 16 heavy (non-hydrogen) atoms. The Morgan fingerprint density at radius 2 is 1.88 bits per heavy atom. The normalized spacial score (nSPS) is 28.2. The summed E-state index contributed by atoms with van der Waals surface area (Å²) < 4.78 is 0. The highest BCUT2D eigenvalue weighted by molar-refractivity contribution is 5.75. The van der Waals surface area contributed by atoms with Gasteiger partial charge >= 0.3 is 6.03 Å². The molecule has 2 rings (SSSR count). The van der Waals surface area contributed by atoms with Crippen molar-refractivity contribution >= 4 is 6.03 Å². The average Bonchev–Trinajstić information content (AvgIpc) is 2.22. The lowest BCUT2D eigenvalue weighted by molar-refractivity contribution is 0.0130. The molecule has 4 nitrogen and oxygen atoms in total. The third-order valence-corrected chi connectivity index (χ3v) is 3.80. The predicted molar refractivity (Wildman–Crippen MR) is 64.5 cm³/mol. The van der Waals surface area contributed by atoms with E-state index in [1.54, 1.807) is 0 Å². The second-order valence-corrected chi connectivity index (χ2v) is 5.96. The lowest BCUT2D eigenvalue weighted by Crippen LogP contribution is -2.64. The topological polar surface area (TPSA) is 26.8 Å². The highest BCUT2D eigenvalue weighted by Crippen LogP contribution is 2.24. The van der Waals surface area contributed by atoms with Gasteiger partial charge in [-0.15, -0.1) is 0 Å². The average molecular weight is 225 g/mol.